The van der Waals surface area contributed by atoms with Crippen LogP contribution in [0.15, 0.2) is 24.3 Å². The van der Waals surface area contributed by atoms with Crippen LogP contribution in [0.5, 0.6) is 0 Å². The molecule has 0 amide bonds. The summed E-state index contributed by atoms with van der Waals surface area (Å²) >= 11 is 0. The maximum absolute atomic E-state index is 13.6. The smallest absolute Gasteiger partial charge is 0.129 e. The first kappa shape index (κ1) is 13.7. The van der Waals surface area contributed by atoms with Gasteiger partial charge in [-0.15, -0.1) is 0 Å². The molecule has 3 nitrogen and oxygen atoms in total. The Bertz CT molecular complexity index is 581. The lowest BCUT2D eigenvalue weighted by Gasteiger charge is -2.13. The Balaban J connectivity index is 2.25. The molecule has 0 fully saturated rings. The van der Waals surface area contributed by atoms with Crippen molar-refractivity contribution in [1.29, 1.82) is 0 Å². The van der Waals surface area contributed by atoms with Gasteiger partial charge in [-0.05, 0) is 38.1 Å². The normalized spacial score (nSPS) is 12.7. The Kier molecular flexibility index (Phi) is 3.95. The van der Waals surface area contributed by atoms with Crippen LogP contribution < -0.4 is 0 Å². The zero-order valence-electron chi connectivity index (χ0n) is 10.9. The van der Waals surface area contributed by atoms with Crippen LogP contribution in [0, 0.1) is 18.6 Å². The van der Waals surface area contributed by atoms with Gasteiger partial charge in [0.2, 0.25) is 0 Å². The summed E-state index contributed by atoms with van der Waals surface area (Å²) in [6, 6.07) is 4.92. The number of hydrogen-bond donors (Lipinski definition) is 1. The number of halogens is 2. The average molecular weight is 266 g/mol. The number of nitrogens with zero attached hydrogens (tertiary/aromatic N) is 2. The molecular weight excluding hydrogens is 250 g/mol. The first-order valence-corrected chi connectivity index (χ1v) is 6.17. The van der Waals surface area contributed by atoms with Gasteiger partial charge in [0.25, 0.3) is 0 Å². The van der Waals surface area contributed by atoms with E-state index < -0.39 is 17.7 Å². The number of hydrogen-bond acceptors (Lipinski definition) is 2. The molecule has 1 atom stereocenters. The van der Waals surface area contributed by atoms with Crippen molar-refractivity contribution < 1.29 is 13.9 Å². The number of aromatic nitrogens is 2. The van der Waals surface area contributed by atoms with E-state index in [1.54, 1.807) is 4.68 Å². The van der Waals surface area contributed by atoms with Gasteiger partial charge < -0.3 is 5.11 Å². The molecule has 0 saturated carbocycles. The summed E-state index contributed by atoms with van der Waals surface area (Å²) < 4.78 is 28.4. The van der Waals surface area contributed by atoms with Gasteiger partial charge in [-0.2, -0.15) is 5.10 Å². The van der Waals surface area contributed by atoms with E-state index in [0.29, 0.717) is 6.54 Å². The molecule has 102 valence electrons. The Morgan fingerprint density at radius 1 is 1.32 bits per heavy atom. The summed E-state index contributed by atoms with van der Waals surface area (Å²) in [6.07, 6.45) is -0.883. The molecule has 2 rings (SSSR count). The van der Waals surface area contributed by atoms with Crippen LogP contribution in [-0.2, 0) is 13.0 Å². The standard InChI is InChI=1S/C14H16F2N2O/c1-3-18-11(6-9(2)17-18)8-14(19)12-7-10(15)4-5-13(12)16/h4-7,14,19H,3,8H2,1-2H3. The molecule has 0 radical (unpaired) electrons. The molecule has 0 aliphatic rings. The van der Waals surface area contributed by atoms with Crippen LogP contribution in [0.3, 0.4) is 0 Å². The van der Waals surface area contributed by atoms with Crippen molar-refractivity contribution in [2.45, 2.75) is 32.9 Å². The molecule has 1 aromatic carbocycles. The maximum Gasteiger partial charge on any atom is 0.129 e. The average Bonchev–Trinajstić information content (AvgIpc) is 2.72. The maximum atomic E-state index is 13.6. The summed E-state index contributed by atoms with van der Waals surface area (Å²) in [5, 5.41) is 14.3. The first-order chi connectivity index (χ1) is 9.01. The minimum absolute atomic E-state index is 0.0264. The van der Waals surface area contributed by atoms with Crippen LogP contribution in [0.1, 0.15) is 30.0 Å². The molecular formula is C14H16F2N2O. The summed E-state index contributed by atoms with van der Waals surface area (Å²) in [6.45, 7) is 4.46. The quantitative estimate of drug-likeness (QED) is 0.924. The van der Waals surface area contributed by atoms with E-state index in [2.05, 4.69) is 5.10 Å². The summed E-state index contributed by atoms with van der Waals surface area (Å²) in [4.78, 5) is 0. The summed E-state index contributed by atoms with van der Waals surface area (Å²) in [5.41, 5.74) is 1.61. The zero-order valence-corrected chi connectivity index (χ0v) is 10.9. The largest absolute Gasteiger partial charge is 0.388 e. The predicted octanol–water partition coefficient (Wildman–Crippen LogP) is 2.77. The lowest BCUT2D eigenvalue weighted by atomic mass is 10.0. The van der Waals surface area contributed by atoms with Crippen molar-refractivity contribution in [1.82, 2.24) is 9.78 Å². The number of rotatable bonds is 4. The number of aliphatic hydroxyl groups is 1. The van der Waals surface area contributed by atoms with Crippen LogP contribution in [-0.4, -0.2) is 14.9 Å². The SMILES string of the molecule is CCn1nc(C)cc1CC(O)c1cc(F)ccc1F. The van der Waals surface area contributed by atoms with Crippen LogP contribution in [0.2, 0.25) is 0 Å². The highest BCUT2D eigenvalue weighted by Gasteiger charge is 2.17. The van der Waals surface area contributed by atoms with E-state index in [9.17, 15) is 13.9 Å². The van der Waals surface area contributed by atoms with Crippen molar-refractivity contribution in [3.8, 4) is 0 Å². The van der Waals surface area contributed by atoms with Gasteiger partial charge in [-0.25, -0.2) is 8.78 Å². The van der Waals surface area contributed by atoms with E-state index in [4.69, 9.17) is 0 Å². The minimum Gasteiger partial charge on any atom is -0.388 e. The third kappa shape index (κ3) is 2.98. The molecule has 2 aromatic rings. The summed E-state index contributed by atoms with van der Waals surface area (Å²) in [5.74, 6) is -1.16. The lowest BCUT2D eigenvalue weighted by molar-refractivity contribution is 0.170. The van der Waals surface area contributed by atoms with Crippen molar-refractivity contribution in [3.05, 3.63) is 52.9 Å². The van der Waals surface area contributed by atoms with Gasteiger partial charge in [-0.1, -0.05) is 0 Å². The zero-order chi connectivity index (χ0) is 14.0. The highest BCUT2D eigenvalue weighted by atomic mass is 19.1. The van der Waals surface area contributed by atoms with E-state index in [-0.39, 0.29) is 12.0 Å². The number of benzene rings is 1. The Morgan fingerprint density at radius 2 is 2.05 bits per heavy atom. The van der Waals surface area contributed by atoms with E-state index in [0.717, 1.165) is 29.6 Å². The molecule has 1 N–H and O–H groups in total. The number of aliphatic hydroxyl groups excluding tert-OH is 1. The Labute approximate surface area is 110 Å². The van der Waals surface area contributed by atoms with Gasteiger partial charge in [0.05, 0.1) is 11.8 Å². The molecule has 0 aliphatic heterocycles. The van der Waals surface area contributed by atoms with E-state index in [1.807, 2.05) is 19.9 Å². The van der Waals surface area contributed by atoms with Crippen molar-refractivity contribution in [2.75, 3.05) is 0 Å². The first-order valence-electron chi connectivity index (χ1n) is 6.17. The van der Waals surface area contributed by atoms with E-state index in [1.165, 1.54) is 0 Å². The fraction of sp³-hybridized carbons (Fsp3) is 0.357. The second-order valence-corrected chi connectivity index (χ2v) is 4.48. The van der Waals surface area contributed by atoms with Crippen molar-refractivity contribution in [2.24, 2.45) is 0 Å². The molecule has 5 heteroatoms. The molecule has 1 aromatic heterocycles. The molecule has 1 unspecified atom stereocenters. The van der Waals surface area contributed by atoms with Gasteiger partial charge in [-0.3, -0.25) is 4.68 Å². The fourth-order valence-corrected chi connectivity index (χ4v) is 2.12. The lowest BCUT2D eigenvalue weighted by Crippen LogP contribution is -2.10. The molecule has 0 spiro atoms. The molecule has 0 saturated heterocycles. The van der Waals surface area contributed by atoms with Crippen molar-refractivity contribution in [3.63, 3.8) is 0 Å². The topological polar surface area (TPSA) is 38.0 Å². The van der Waals surface area contributed by atoms with Crippen LogP contribution in [0.25, 0.3) is 0 Å². The number of aryl methyl sites for hydroxylation is 2. The minimum atomic E-state index is -1.09. The van der Waals surface area contributed by atoms with Gasteiger partial charge in [0.1, 0.15) is 11.6 Å². The summed E-state index contributed by atoms with van der Waals surface area (Å²) in [7, 11) is 0. The second kappa shape index (κ2) is 5.48. The highest BCUT2D eigenvalue weighted by molar-refractivity contribution is 5.23. The van der Waals surface area contributed by atoms with Crippen LogP contribution >= 0.6 is 0 Å². The van der Waals surface area contributed by atoms with E-state index >= 15 is 0 Å². The van der Waals surface area contributed by atoms with Gasteiger partial charge in [0, 0.05) is 24.2 Å². The third-order valence-electron chi connectivity index (χ3n) is 3.00. The van der Waals surface area contributed by atoms with Gasteiger partial charge >= 0.3 is 0 Å². The highest BCUT2D eigenvalue weighted by Crippen LogP contribution is 2.22. The molecule has 0 bridgehead atoms. The van der Waals surface area contributed by atoms with Gasteiger partial charge in [0.15, 0.2) is 0 Å². The fourth-order valence-electron chi connectivity index (χ4n) is 2.12. The Morgan fingerprint density at radius 3 is 2.74 bits per heavy atom. The van der Waals surface area contributed by atoms with Crippen LogP contribution in [0.4, 0.5) is 8.78 Å². The third-order valence-corrected chi connectivity index (χ3v) is 3.00. The second-order valence-electron chi connectivity index (χ2n) is 4.48. The predicted molar refractivity (Wildman–Crippen MR) is 67.7 cm³/mol. The molecule has 19 heavy (non-hydrogen) atoms. The van der Waals surface area contributed by atoms with Crippen molar-refractivity contribution >= 4 is 0 Å². The monoisotopic (exact) mass is 266 g/mol. The molecule has 0 aliphatic carbocycles. The molecule has 1 heterocycles. The Hall–Kier alpha value is -1.75.